The quantitative estimate of drug-likeness (QED) is 0.374. The van der Waals surface area contributed by atoms with Crippen LogP contribution in [0.15, 0.2) is 42.5 Å². The van der Waals surface area contributed by atoms with Gasteiger partial charge < -0.3 is 4.74 Å². The molecule has 0 N–H and O–H groups in total. The van der Waals surface area contributed by atoms with E-state index >= 15 is 0 Å². The van der Waals surface area contributed by atoms with Gasteiger partial charge in [-0.3, -0.25) is 14.9 Å². The Morgan fingerprint density at radius 2 is 1.81 bits per heavy atom. The first-order chi connectivity index (χ1) is 9.95. The highest BCUT2D eigenvalue weighted by Crippen LogP contribution is 2.23. The number of benzene rings is 2. The largest absolute Gasteiger partial charge is 0.426 e. The summed E-state index contributed by atoms with van der Waals surface area (Å²) in [6, 6.07) is 11.9. The monoisotopic (exact) mass is 285 g/mol. The standard InChI is InChI=1S/C16H15NO4/c1-11-3-5-13(6-4-11)10-16(18)21-14-7-8-15(17(19)20)12(2)9-14/h3-9H,10H2,1-2H3. The minimum Gasteiger partial charge on any atom is -0.426 e. The maximum absolute atomic E-state index is 11.8. The lowest BCUT2D eigenvalue weighted by Crippen LogP contribution is -2.11. The number of nitro groups is 1. The van der Waals surface area contributed by atoms with Gasteiger partial charge >= 0.3 is 5.97 Å². The van der Waals surface area contributed by atoms with Gasteiger partial charge in [0.05, 0.1) is 11.3 Å². The molecule has 2 rings (SSSR count). The lowest BCUT2D eigenvalue weighted by atomic mass is 10.1. The van der Waals surface area contributed by atoms with Crippen LogP contribution in [0.4, 0.5) is 5.69 Å². The Bertz CT molecular complexity index is 677. The summed E-state index contributed by atoms with van der Waals surface area (Å²) in [7, 11) is 0. The van der Waals surface area contributed by atoms with E-state index in [-0.39, 0.29) is 12.1 Å². The van der Waals surface area contributed by atoms with E-state index < -0.39 is 10.9 Å². The number of ether oxygens (including phenoxy) is 1. The average molecular weight is 285 g/mol. The molecule has 0 saturated carbocycles. The topological polar surface area (TPSA) is 69.4 Å². The summed E-state index contributed by atoms with van der Waals surface area (Å²) in [6.07, 6.45) is 0.163. The Kier molecular flexibility index (Phi) is 4.33. The molecular weight excluding hydrogens is 270 g/mol. The van der Waals surface area contributed by atoms with Gasteiger partial charge in [0.2, 0.25) is 0 Å². The predicted octanol–water partition coefficient (Wildman–Crippen LogP) is 3.36. The molecule has 0 aliphatic heterocycles. The minimum absolute atomic E-state index is 0.00772. The number of aryl methyl sites for hydroxylation is 2. The maximum Gasteiger partial charge on any atom is 0.315 e. The Morgan fingerprint density at radius 1 is 1.14 bits per heavy atom. The molecule has 0 aliphatic carbocycles. The molecule has 5 heteroatoms. The van der Waals surface area contributed by atoms with Crippen molar-refractivity contribution >= 4 is 11.7 Å². The molecule has 2 aromatic carbocycles. The van der Waals surface area contributed by atoms with Crippen molar-refractivity contribution in [3.05, 3.63) is 69.3 Å². The zero-order valence-electron chi connectivity index (χ0n) is 11.8. The number of esters is 1. The zero-order chi connectivity index (χ0) is 15.4. The summed E-state index contributed by atoms with van der Waals surface area (Å²) in [4.78, 5) is 22.1. The van der Waals surface area contributed by atoms with Gasteiger partial charge in [0.25, 0.3) is 5.69 Å². The lowest BCUT2D eigenvalue weighted by Gasteiger charge is -2.06. The van der Waals surface area contributed by atoms with E-state index in [0.29, 0.717) is 11.3 Å². The summed E-state index contributed by atoms with van der Waals surface area (Å²) in [5.41, 5.74) is 2.45. The molecule has 0 heterocycles. The smallest absolute Gasteiger partial charge is 0.315 e. The molecule has 21 heavy (non-hydrogen) atoms. The van der Waals surface area contributed by atoms with E-state index in [0.717, 1.165) is 11.1 Å². The van der Waals surface area contributed by atoms with Crippen molar-refractivity contribution in [1.82, 2.24) is 0 Å². The normalized spacial score (nSPS) is 10.2. The summed E-state index contributed by atoms with van der Waals surface area (Å²) >= 11 is 0. The molecule has 0 aliphatic rings. The SMILES string of the molecule is Cc1ccc(CC(=O)Oc2ccc([N+](=O)[O-])c(C)c2)cc1. The fourth-order valence-electron chi connectivity index (χ4n) is 1.94. The highest BCUT2D eigenvalue weighted by molar-refractivity contribution is 5.75. The molecular formula is C16H15NO4. The highest BCUT2D eigenvalue weighted by atomic mass is 16.6. The molecule has 0 atom stereocenters. The van der Waals surface area contributed by atoms with Gasteiger partial charge in [0.15, 0.2) is 0 Å². The summed E-state index contributed by atoms with van der Waals surface area (Å²) in [5.74, 6) is -0.0812. The summed E-state index contributed by atoms with van der Waals surface area (Å²) in [6.45, 7) is 3.58. The van der Waals surface area contributed by atoms with E-state index in [4.69, 9.17) is 4.74 Å². The van der Waals surface area contributed by atoms with Gasteiger partial charge in [-0.05, 0) is 31.5 Å². The van der Waals surface area contributed by atoms with Crippen LogP contribution in [0.5, 0.6) is 5.75 Å². The Balaban J connectivity index is 2.04. The van der Waals surface area contributed by atoms with Crippen molar-refractivity contribution in [2.75, 3.05) is 0 Å². The molecule has 0 fully saturated rings. The third kappa shape index (κ3) is 3.89. The van der Waals surface area contributed by atoms with E-state index in [9.17, 15) is 14.9 Å². The summed E-state index contributed by atoms with van der Waals surface area (Å²) < 4.78 is 5.20. The second kappa shape index (κ2) is 6.17. The number of carbonyl (C=O) groups excluding carboxylic acids is 1. The Morgan fingerprint density at radius 3 is 2.38 bits per heavy atom. The summed E-state index contributed by atoms with van der Waals surface area (Å²) in [5, 5.41) is 10.7. The van der Waals surface area contributed by atoms with Gasteiger partial charge in [-0.2, -0.15) is 0 Å². The number of hydrogen-bond acceptors (Lipinski definition) is 4. The van der Waals surface area contributed by atoms with E-state index in [1.807, 2.05) is 31.2 Å². The molecule has 0 radical (unpaired) electrons. The van der Waals surface area contributed by atoms with Crippen LogP contribution in [0.25, 0.3) is 0 Å². The number of hydrogen-bond donors (Lipinski definition) is 0. The van der Waals surface area contributed by atoms with Crippen LogP contribution in [-0.2, 0) is 11.2 Å². The predicted molar refractivity (Wildman–Crippen MR) is 78.4 cm³/mol. The van der Waals surface area contributed by atoms with Crippen LogP contribution in [0, 0.1) is 24.0 Å². The van der Waals surface area contributed by atoms with Gasteiger partial charge in [0, 0.05) is 11.6 Å². The molecule has 108 valence electrons. The molecule has 0 spiro atoms. The molecule has 0 unspecified atom stereocenters. The van der Waals surface area contributed by atoms with Crippen LogP contribution in [0.2, 0.25) is 0 Å². The van der Waals surface area contributed by atoms with Gasteiger partial charge in [-0.1, -0.05) is 29.8 Å². The van der Waals surface area contributed by atoms with Gasteiger partial charge in [-0.25, -0.2) is 0 Å². The maximum atomic E-state index is 11.8. The second-order valence-electron chi connectivity index (χ2n) is 4.84. The van der Waals surface area contributed by atoms with Crippen molar-refractivity contribution < 1.29 is 14.5 Å². The van der Waals surface area contributed by atoms with Crippen LogP contribution in [-0.4, -0.2) is 10.9 Å². The fourth-order valence-corrected chi connectivity index (χ4v) is 1.94. The van der Waals surface area contributed by atoms with Crippen LogP contribution in [0.3, 0.4) is 0 Å². The minimum atomic E-state index is -0.465. The first-order valence-corrected chi connectivity index (χ1v) is 6.47. The number of rotatable bonds is 4. The molecule has 5 nitrogen and oxygen atoms in total. The van der Waals surface area contributed by atoms with Crippen molar-refractivity contribution in [3.8, 4) is 5.75 Å². The number of carbonyl (C=O) groups is 1. The fraction of sp³-hybridized carbons (Fsp3) is 0.188. The third-order valence-corrected chi connectivity index (χ3v) is 3.07. The van der Waals surface area contributed by atoms with Gasteiger partial charge in [-0.15, -0.1) is 0 Å². The van der Waals surface area contributed by atoms with Crippen molar-refractivity contribution in [1.29, 1.82) is 0 Å². The molecule has 0 saturated heterocycles. The Labute approximate surface area is 122 Å². The second-order valence-corrected chi connectivity index (χ2v) is 4.84. The third-order valence-electron chi connectivity index (χ3n) is 3.07. The first kappa shape index (κ1) is 14.7. The molecule has 0 amide bonds. The van der Waals surface area contributed by atoms with Crippen LogP contribution in [0.1, 0.15) is 16.7 Å². The molecule has 2 aromatic rings. The average Bonchev–Trinajstić information content (AvgIpc) is 2.41. The van der Waals surface area contributed by atoms with Crippen molar-refractivity contribution in [2.24, 2.45) is 0 Å². The van der Waals surface area contributed by atoms with E-state index in [1.54, 1.807) is 6.92 Å². The first-order valence-electron chi connectivity index (χ1n) is 6.47. The van der Waals surface area contributed by atoms with E-state index in [1.165, 1.54) is 18.2 Å². The number of nitro benzene ring substituents is 1. The lowest BCUT2D eigenvalue weighted by molar-refractivity contribution is -0.385. The number of nitrogens with zero attached hydrogens (tertiary/aromatic N) is 1. The van der Waals surface area contributed by atoms with E-state index in [2.05, 4.69) is 0 Å². The molecule has 0 bridgehead atoms. The highest BCUT2D eigenvalue weighted by Gasteiger charge is 2.12. The van der Waals surface area contributed by atoms with Gasteiger partial charge in [0.1, 0.15) is 5.75 Å². The molecule has 0 aromatic heterocycles. The van der Waals surface area contributed by atoms with Crippen LogP contribution >= 0.6 is 0 Å². The van der Waals surface area contributed by atoms with Crippen molar-refractivity contribution in [2.45, 2.75) is 20.3 Å². The zero-order valence-corrected chi connectivity index (χ0v) is 11.8. The Hall–Kier alpha value is -2.69. The van der Waals surface area contributed by atoms with Crippen molar-refractivity contribution in [3.63, 3.8) is 0 Å². The van der Waals surface area contributed by atoms with Crippen LogP contribution < -0.4 is 4.74 Å².